The van der Waals surface area contributed by atoms with Crippen molar-refractivity contribution < 1.29 is 9.90 Å². The van der Waals surface area contributed by atoms with Gasteiger partial charge < -0.3 is 10.4 Å². The Bertz CT molecular complexity index is 700. The van der Waals surface area contributed by atoms with Crippen LogP contribution in [0.5, 0.6) is 0 Å². The molecule has 0 aromatic heterocycles. The molecule has 2 aromatic rings. The first kappa shape index (κ1) is 16.1. The maximum Gasteiger partial charge on any atom is 0.236 e. The van der Waals surface area contributed by atoms with Gasteiger partial charge in [0.15, 0.2) is 0 Å². The molecule has 120 valence electrons. The van der Waals surface area contributed by atoms with Crippen molar-refractivity contribution in [3.63, 3.8) is 0 Å². The molecule has 4 heteroatoms. The Labute approximate surface area is 141 Å². The Hall–Kier alpha value is -1.78. The molecule has 23 heavy (non-hydrogen) atoms. The number of aliphatic hydroxyl groups excluding tert-OH is 1. The van der Waals surface area contributed by atoms with Crippen molar-refractivity contribution in [1.29, 1.82) is 0 Å². The van der Waals surface area contributed by atoms with Crippen LogP contribution in [0.3, 0.4) is 0 Å². The number of carbonyl (C=O) groups excluding carboxylic acids is 1. The average molecular weight is 327 g/mol. The van der Waals surface area contributed by atoms with E-state index in [0.717, 1.165) is 16.0 Å². The lowest BCUT2D eigenvalue weighted by Crippen LogP contribution is -2.43. The van der Waals surface area contributed by atoms with Gasteiger partial charge in [0.2, 0.25) is 5.91 Å². The number of hydrogen-bond acceptors (Lipinski definition) is 3. The fourth-order valence-electron chi connectivity index (χ4n) is 2.89. The van der Waals surface area contributed by atoms with Gasteiger partial charge in [-0.1, -0.05) is 42.5 Å². The lowest BCUT2D eigenvalue weighted by atomic mass is 10.1. The average Bonchev–Trinajstić information content (AvgIpc) is 2.84. The first-order chi connectivity index (χ1) is 11.0. The second-order valence-electron chi connectivity index (χ2n) is 6.35. The molecule has 0 fully saturated rings. The van der Waals surface area contributed by atoms with Crippen LogP contribution >= 0.6 is 11.8 Å². The Balaban J connectivity index is 1.73. The van der Waals surface area contributed by atoms with Gasteiger partial charge in [-0.2, -0.15) is 0 Å². The molecule has 0 radical (unpaired) electrons. The van der Waals surface area contributed by atoms with Crippen LogP contribution in [0.1, 0.15) is 31.0 Å². The summed E-state index contributed by atoms with van der Waals surface area (Å²) in [5, 5.41) is 13.3. The van der Waals surface area contributed by atoms with Crippen molar-refractivity contribution in [2.75, 3.05) is 0 Å². The maximum atomic E-state index is 12.7. The van der Waals surface area contributed by atoms with E-state index < -0.39 is 10.9 Å². The quantitative estimate of drug-likeness (QED) is 0.847. The minimum atomic E-state index is -0.612. The number of rotatable bonds is 4. The van der Waals surface area contributed by atoms with Crippen LogP contribution in [0.4, 0.5) is 0 Å². The van der Waals surface area contributed by atoms with E-state index in [1.807, 2.05) is 68.4 Å². The van der Waals surface area contributed by atoms with E-state index in [1.54, 1.807) is 0 Å². The largest absolute Gasteiger partial charge is 0.390 e. The molecule has 3 nitrogen and oxygen atoms in total. The van der Waals surface area contributed by atoms with Crippen molar-refractivity contribution in [3.8, 4) is 0 Å². The van der Waals surface area contributed by atoms with Gasteiger partial charge in [0.1, 0.15) is 0 Å². The van der Waals surface area contributed by atoms with E-state index >= 15 is 0 Å². The lowest BCUT2D eigenvalue weighted by Gasteiger charge is -2.27. The van der Waals surface area contributed by atoms with Crippen molar-refractivity contribution in [2.45, 2.75) is 42.1 Å². The van der Waals surface area contributed by atoms with E-state index in [1.165, 1.54) is 11.8 Å². The van der Waals surface area contributed by atoms with E-state index in [-0.39, 0.29) is 11.9 Å². The summed E-state index contributed by atoms with van der Waals surface area (Å²) in [5.41, 5.74) is 2.13. The molecular weight excluding hydrogens is 306 g/mol. The van der Waals surface area contributed by atoms with Crippen molar-refractivity contribution in [1.82, 2.24) is 5.32 Å². The minimum Gasteiger partial charge on any atom is -0.390 e. The normalized spacial score (nSPS) is 20.1. The molecule has 2 aromatic carbocycles. The molecule has 0 bridgehead atoms. The fraction of sp³-hybridized carbons (Fsp3) is 0.316. The summed E-state index contributed by atoms with van der Waals surface area (Å²) in [6.07, 6.45) is 0.0294. The van der Waals surface area contributed by atoms with Crippen LogP contribution in [0, 0.1) is 0 Å². The summed E-state index contributed by atoms with van der Waals surface area (Å²) in [6, 6.07) is 17.5. The van der Waals surface area contributed by atoms with Crippen molar-refractivity contribution >= 4 is 17.7 Å². The SMILES string of the molecule is CC(C)(Sc1ccccc1)C(=O)N[C@@H]1c2ccccc2CC1O. The lowest BCUT2D eigenvalue weighted by molar-refractivity contribution is -0.124. The van der Waals surface area contributed by atoms with Gasteiger partial charge in [0.25, 0.3) is 0 Å². The third-order valence-corrected chi connectivity index (χ3v) is 5.36. The molecule has 2 N–H and O–H groups in total. The summed E-state index contributed by atoms with van der Waals surface area (Å²) >= 11 is 1.53. The molecule has 0 aliphatic heterocycles. The zero-order valence-corrected chi connectivity index (χ0v) is 14.1. The molecule has 0 spiro atoms. The standard InChI is InChI=1S/C19H21NO2S/c1-19(2,23-14-9-4-3-5-10-14)18(22)20-17-15-11-7-6-8-13(15)12-16(17)21/h3-11,16-17,21H,12H2,1-2H3,(H,20,22)/t16?,17-/m1/s1. The molecule has 3 rings (SSSR count). The van der Waals surface area contributed by atoms with Gasteiger partial charge >= 0.3 is 0 Å². The maximum absolute atomic E-state index is 12.7. The zero-order valence-electron chi connectivity index (χ0n) is 13.3. The van der Waals surface area contributed by atoms with Gasteiger partial charge in [-0.25, -0.2) is 0 Å². The Morgan fingerprint density at radius 3 is 2.52 bits per heavy atom. The smallest absolute Gasteiger partial charge is 0.236 e. The predicted octanol–water partition coefficient (Wildman–Crippen LogP) is 3.33. The number of thioether (sulfide) groups is 1. The van der Waals surface area contributed by atoms with Gasteiger partial charge in [0.05, 0.1) is 16.9 Å². The highest BCUT2D eigenvalue weighted by atomic mass is 32.2. The Morgan fingerprint density at radius 2 is 1.78 bits per heavy atom. The predicted molar refractivity (Wildman–Crippen MR) is 93.4 cm³/mol. The minimum absolute atomic E-state index is 0.0629. The summed E-state index contributed by atoms with van der Waals surface area (Å²) in [7, 11) is 0. The molecular formula is C19H21NO2S. The van der Waals surface area contributed by atoms with Gasteiger partial charge in [-0.15, -0.1) is 11.8 Å². The molecule has 0 saturated heterocycles. The highest BCUT2D eigenvalue weighted by Crippen LogP contribution is 2.35. The Morgan fingerprint density at radius 1 is 1.13 bits per heavy atom. The summed E-state index contributed by atoms with van der Waals surface area (Å²) in [4.78, 5) is 13.8. The fourth-order valence-corrected chi connectivity index (χ4v) is 3.93. The third kappa shape index (κ3) is 3.43. The highest BCUT2D eigenvalue weighted by molar-refractivity contribution is 8.01. The molecule has 0 heterocycles. The van der Waals surface area contributed by atoms with Crippen LogP contribution in [-0.4, -0.2) is 21.9 Å². The van der Waals surface area contributed by atoms with Crippen LogP contribution in [0.25, 0.3) is 0 Å². The summed E-state index contributed by atoms with van der Waals surface area (Å²) < 4.78 is -0.612. The molecule has 1 amide bonds. The van der Waals surface area contributed by atoms with Crippen LogP contribution in [0.2, 0.25) is 0 Å². The van der Waals surface area contributed by atoms with Crippen molar-refractivity contribution in [3.05, 3.63) is 65.7 Å². The van der Waals surface area contributed by atoms with Gasteiger partial charge in [-0.05, 0) is 37.1 Å². The van der Waals surface area contributed by atoms with E-state index in [4.69, 9.17) is 0 Å². The highest BCUT2D eigenvalue weighted by Gasteiger charge is 2.36. The molecule has 2 atom stereocenters. The molecule has 0 saturated carbocycles. The topological polar surface area (TPSA) is 49.3 Å². The van der Waals surface area contributed by atoms with E-state index in [2.05, 4.69) is 5.32 Å². The summed E-state index contributed by atoms with van der Waals surface area (Å²) in [6.45, 7) is 3.82. The van der Waals surface area contributed by atoms with Crippen LogP contribution < -0.4 is 5.32 Å². The number of benzene rings is 2. The van der Waals surface area contributed by atoms with Crippen LogP contribution in [0.15, 0.2) is 59.5 Å². The third-order valence-electron chi connectivity index (χ3n) is 4.15. The second-order valence-corrected chi connectivity index (χ2v) is 8.04. The summed E-state index contributed by atoms with van der Waals surface area (Å²) in [5.74, 6) is -0.0629. The molecule has 1 unspecified atom stereocenters. The van der Waals surface area contributed by atoms with Crippen molar-refractivity contribution in [2.24, 2.45) is 0 Å². The van der Waals surface area contributed by atoms with Gasteiger partial charge in [-0.3, -0.25) is 4.79 Å². The number of fused-ring (bicyclic) bond motifs is 1. The number of nitrogens with one attached hydrogen (secondary N) is 1. The number of hydrogen-bond donors (Lipinski definition) is 2. The monoisotopic (exact) mass is 327 g/mol. The molecule has 1 aliphatic carbocycles. The first-order valence-corrected chi connectivity index (χ1v) is 8.60. The first-order valence-electron chi connectivity index (χ1n) is 7.78. The molecule has 1 aliphatic rings. The van der Waals surface area contributed by atoms with Crippen LogP contribution in [-0.2, 0) is 11.2 Å². The number of carbonyl (C=O) groups is 1. The van der Waals surface area contributed by atoms with E-state index in [9.17, 15) is 9.90 Å². The second kappa shape index (κ2) is 6.38. The number of amides is 1. The van der Waals surface area contributed by atoms with E-state index in [0.29, 0.717) is 6.42 Å². The number of aliphatic hydroxyl groups is 1. The zero-order chi connectivity index (χ0) is 16.4. The van der Waals surface area contributed by atoms with Gasteiger partial charge in [0, 0.05) is 11.3 Å². The Kier molecular flexibility index (Phi) is 4.46.